The summed E-state index contributed by atoms with van der Waals surface area (Å²) in [6.07, 6.45) is 5.08. The molecule has 1 fully saturated rings. The van der Waals surface area contributed by atoms with Crippen molar-refractivity contribution in [3.05, 3.63) is 30.0 Å². The summed E-state index contributed by atoms with van der Waals surface area (Å²) in [5, 5.41) is 0. The van der Waals surface area contributed by atoms with E-state index in [1.807, 2.05) is 12.3 Å². The molecule has 1 aliphatic heterocycles. The van der Waals surface area contributed by atoms with Crippen molar-refractivity contribution in [2.75, 3.05) is 18.0 Å². The Morgan fingerprint density at radius 2 is 2.00 bits per heavy atom. The molecule has 0 unspecified atom stereocenters. The maximum Gasteiger partial charge on any atom is 0.150 e. The second-order valence-corrected chi connectivity index (χ2v) is 4.29. The molecule has 1 aliphatic rings. The van der Waals surface area contributed by atoms with Gasteiger partial charge in [-0.05, 0) is 31.0 Å². The summed E-state index contributed by atoms with van der Waals surface area (Å²) in [5.74, 6) is 0.915. The van der Waals surface area contributed by atoms with E-state index in [1.54, 1.807) is 12.1 Å². The number of hydrogen-bond acceptors (Lipinski definition) is 4. The fraction of sp³-hybridized carbons (Fsp3) is 0.308. The number of fused-ring (bicyclic) bond motifs is 1. The monoisotopic (exact) mass is 227 g/mol. The number of nitrogens with zero attached hydrogens (tertiary/aromatic N) is 3. The third-order valence-electron chi connectivity index (χ3n) is 3.12. The second kappa shape index (κ2) is 4.13. The van der Waals surface area contributed by atoms with E-state index in [-0.39, 0.29) is 0 Å². The highest BCUT2D eigenvalue weighted by molar-refractivity contribution is 5.84. The highest BCUT2D eigenvalue weighted by Gasteiger charge is 2.14. The molecule has 0 atom stereocenters. The van der Waals surface area contributed by atoms with E-state index in [0.29, 0.717) is 5.56 Å². The molecular weight excluding hydrogens is 214 g/mol. The summed E-state index contributed by atoms with van der Waals surface area (Å²) >= 11 is 0. The first kappa shape index (κ1) is 10.2. The van der Waals surface area contributed by atoms with Crippen molar-refractivity contribution in [2.45, 2.75) is 12.8 Å². The topological polar surface area (TPSA) is 46.1 Å². The maximum absolute atomic E-state index is 10.7. The molecule has 0 aliphatic carbocycles. The summed E-state index contributed by atoms with van der Waals surface area (Å²) in [7, 11) is 0. The lowest BCUT2D eigenvalue weighted by Crippen LogP contribution is -2.19. The molecule has 4 heteroatoms. The van der Waals surface area contributed by atoms with Gasteiger partial charge in [0.1, 0.15) is 12.1 Å². The first-order valence-electron chi connectivity index (χ1n) is 5.84. The van der Waals surface area contributed by atoms with Gasteiger partial charge in [0, 0.05) is 18.7 Å². The van der Waals surface area contributed by atoms with Gasteiger partial charge in [0.25, 0.3) is 0 Å². The van der Waals surface area contributed by atoms with Crippen LogP contribution in [0.4, 0.5) is 5.82 Å². The van der Waals surface area contributed by atoms with Crippen LogP contribution in [0, 0.1) is 0 Å². The zero-order chi connectivity index (χ0) is 11.7. The highest BCUT2D eigenvalue weighted by Crippen LogP contribution is 2.20. The van der Waals surface area contributed by atoms with E-state index in [2.05, 4.69) is 14.9 Å². The molecule has 86 valence electrons. The van der Waals surface area contributed by atoms with E-state index >= 15 is 0 Å². The fourth-order valence-electron chi connectivity index (χ4n) is 2.19. The van der Waals surface area contributed by atoms with Gasteiger partial charge in [0.15, 0.2) is 0 Å². The summed E-state index contributed by atoms with van der Waals surface area (Å²) in [5.41, 5.74) is 2.27. The van der Waals surface area contributed by atoms with E-state index in [4.69, 9.17) is 0 Å². The van der Waals surface area contributed by atoms with Crippen molar-refractivity contribution in [2.24, 2.45) is 0 Å². The lowest BCUT2D eigenvalue weighted by molar-refractivity contribution is 0.112. The molecule has 0 radical (unpaired) electrons. The molecule has 0 N–H and O–H groups in total. The average molecular weight is 227 g/mol. The Kier molecular flexibility index (Phi) is 2.48. The van der Waals surface area contributed by atoms with E-state index in [1.165, 1.54) is 12.8 Å². The Hall–Kier alpha value is -1.97. The second-order valence-electron chi connectivity index (χ2n) is 4.29. The van der Waals surface area contributed by atoms with Crippen LogP contribution < -0.4 is 4.90 Å². The molecule has 1 aromatic carbocycles. The van der Waals surface area contributed by atoms with Crippen LogP contribution in [0.3, 0.4) is 0 Å². The zero-order valence-electron chi connectivity index (χ0n) is 9.47. The Bertz CT molecular complexity index is 562. The number of rotatable bonds is 2. The fourth-order valence-corrected chi connectivity index (χ4v) is 2.19. The SMILES string of the molecule is O=Cc1ccc2ncc(N3CCCC3)nc2c1. The minimum Gasteiger partial charge on any atom is -0.355 e. The molecule has 0 bridgehead atoms. The molecule has 2 heterocycles. The van der Waals surface area contributed by atoms with E-state index in [9.17, 15) is 4.79 Å². The van der Waals surface area contributed by atoms with Gasteiger partial charge in [-0.15, -0.1) is 0 Å². The van der Waals surface area contributed by atoms with Crippen LogP contribution in [0.15, 0.2) is 24.4 Å². The number of aromatic nitrogens is 2. The van der Waals surface area contributed by atoms with Crippen LogP contribution in [-0.2, 0) is 0 Å². The summed E-state index contributed by atoms with van der Waals surface area (Å²) in [4.78, 5) is 21.9. The van der Waals surface area contributed by atoms with Crippen LogP contribution in [-0.4, -0.2) is 29.3 Å². The molecule has 2 aromatic rings. The molecule has 0 saturated carbocycles. The van der Waals surface area contributed by atoms with E-state index < -0.39 is 0 Å². The smallest absolute Gasteiger partial charge is 0.150 e. The van der Waals surface area contributed by atoms with Gasteiger partial charge in [-0.3, -0.25) is 9.78 Å². The molecule has 4 nitrogen and oxygen atoms in total. The molecule has 0 spiro atoms. The van der Waals surface area contributed by atoms with Crippen LogP contribution in [0.1, 0.15) is 23.2 Å². The number of anilines is 1. The standard InChI is InChI=1S/C13H13N3O/c17-9-10-3-4-11-12(7-10)15-13(8-14-11)16-5-1-2-6-16/h3-4,7-9H,1-2,5-6H2. The third kappa shape index (κ3) is 1.86. The Balaban J connectivity index is 2.06. The predicted octanol–water partition coefficient (Wildman–Crippen LogP) is 2.04. The molecule has 1 aromatic heterocycles. The van der Waals surface area contributed by atoms with Crippen molar-refractivity contribution < 1.29 is 4.79 Å². The Labute approximate surface area is 99.3 Å². The first-order chi connectivity index (χ1) is 8.36. The maximum atomic E-state index is 10.7. The minimum absolute atomic E-state index is 0.644. The Morgan fingerprint density at radius 1 is 1.18 bits per heavy atom. The molecule has 3 rings (SSSR count). The van der Waals surface area contributed by atoms with Crippen molar-refractivity contribution in [1.29, 1.82) is 0 Å². The minimum atomic E-state index is 0.644. The largest absolute Gasteiger partial charge is 0.355 e. The number of carbonyl (C=O) groups excluding carboxylic acids is 1. The van der Waals surface area contributed by atoms with Crippen molar-refractivity contribution in [3.63, 3.8) is 0 Å². The number of aldehydes is 1. The normalized spacial score (nSPS) is 15.4. The quantitative estimate of drug-likeness (QED) is 0.736. The van der Waals surface area contributed by atoms with E-state index in [0.717, 1.165) is 36.2 Å². The third-order valence-corrected chi connectivity index (χ3v) is 3.12. The Morgan fingerprint density at radius 3 is 2.76 bits per heavy atom. The van der Waals surface area contributed by atoms with Crippen LogP contribution >= 0.6 is 0 Å². The average Bonchev–Trinajstić information content (AvgIpc) is 2.91. The van der Waals surface area contributed by atoms with Gasteiger partial charge in [0.2, 0.25) is 0 Å². The lowest BCUT2D eigenvalue weighted by Gasteiger charge is -2.15. The van der Waals surface area contributed by atoms with Gasteiger partial charge >= 0.3 is 0 Å². The van der Waals surface area contributed by atoms with Gasteiger partial charge in [-0.25, -0.2) is 4.98 Å². The van der Waals surface area contributed by atoms with Gasteiger partial charge in [-0.2, -0.15) is 0 Å². The molecular formula is C13H13N3O. The van der Waals surface area contributed by atoms with Crippen LogP contribution in [0.5, 0.6) is 0 Å². The number of benzene rings is 1. The highest BCUT2D eigenvalue weighted by atomic mass is 16.1. The first-order valence-corrected chi connectivity index (χ1v) is 5.84. The van der Waals surface area contributed by atoms with Gasteiger partial charge in [-0.1, -0.05) is 0 Å². The van der Waals surface area contributed by atoms with Crippen LogP contribution in [0.25, 0.3) is 11.0 Å². The van der Waals surface area contributed by atoms with Crippen molar-refractivity contribution in [3.8, 4) is 0 Å². The molecule has 0 amide bonds. The van der Waals surface area contributed by atoms with Crippen molar-refractivity contribution in [1.82, 2.24) is 9.97 Å². The summed E-state index contributed by atoms with van der Waals surface area (Å²) < 4.78 is 0. The summed E-state index contributed by atoms with van der Waals surface area (Å²) in [6.45, 7) is 2.10. The molecule has 17 heavy (non-hydrogen) atoms. The van der Waals surface area contributed by atoms with Crippen LogP contribution in [0.2, 0.25) is 0 Å². The van der Waals surface area contributed by atoms with Gasteiger partial charge < -0.3 is 4.90 Å². The number of hydrogen-bond donors (Lipinski definition) is 0. The van der Waals surface area contributed by atoms with Crippen molar-refractivity contribution >= 4 is 23.1 Å². The lowest BCUT2D eigenvalue weighted by atomic mass is 10.2. The summed E-state index contributed by atoms with van der Waals surface area (Å²) in [6, 6.07) is 5.38. The van der Waals surface area contributed by atoms with Gasteiger partial charge in [0.05, 0.1) is 17.2 Å². The molecule has 1 saturated heterocycles. The number of carbonyl (C=O) groups is 1. The predicted molar refractivity (Wildman–Crippen MR) is 66.4 cm³/mol. The zero-order valence-corrected chi connectivity index (χ0v) is 9.47.